The highest BCUT2D eigenvalue weighted by atomic mass is 19.4. The van der Waals surface area contributed by atoms with Gasteiger partial charge in [0.25, 0.3) is 0 Å². The van der Waals surface area contributed by atoms with Crippen molar-refractivity contribution >= 4 is 5.97 Å². The fourth-order valence-electron chi connectivity index (χ4n) is 1.00. The molecule has 0 bridgehead atoms. The summed E-state index contributed by atoms with van der Waals surface area (Å²) in [5, 5.41) is 0. The summed E-state index contributed by atoms with van der Waals surface area (Å²) >= 11 is 0. The lowest BCUT2D eigenvalue weighted by atomic mass is 10.2. The number of alkyl halides is 3. The van der Waals surface area contributed by atoms with Crippen molar-refractivity contribution in [1.82, 2.24) is 0 Å². The van der Waals surface area contributed by atoms with Gasteiger partial charge in [-0.25, -0.2) is 4.79 Å². The molecule has 0 N–H and O–H groups in total. The zero-order valence-electron chi connectivity index (χ0n) is 8.80. The van der Waals surface area contributed by atoms with E-state index in [1.807, 2.05) is 0 Å². The molecular formula is C11H7F5O2. The van der Waals surface area contributed by atoms with Crippen LogP contribution < -0.4 is 0 Å². The SMILES string of the molecule is O=C(OCc1ccccc1)C(F)=C(F)C(F)(F)F. The number of carbonyl (C=O) groups is 1. The quantitative estimate of drug-likeness (QED) is 0.476. The van der Waals surface area contributed by atoms with Crippen LogP contribution in [0.3, 0.4) is 0 Å². The van der Waals surface area contributed by atoms with Gasteiger partial charge in [-0.05, 0) is 5.56 Å². The van der Waals surface area contributed by atoms with Gasteiger partial charge in [-0.1, -0.05) is 30.3 Å². The van der Waals surface area contributed by atoms with Crippen molar-refractivity contribution in [3.8, 4) is 0 Å². The average Bonchev–Trinajstić information content (AvgIpc) is 2.34. The van der Waals surface area contributed by atoms with Crippen LogP contribution in [0, 0.1) is 0 Å². The van der Waals surface area contributed by atoms with Gasteiger partial charge >= 0.3 is 12.1 Å². The molecule has 98 valence electrons. The maximum absolute atomic E-state index is 12.7. The number of hydrogen-bond donors (Lipinski definition) is 0. The molecule has 0 aliphatic carbocycles. The van der Waals surface area contributed by atoms with Gasteiger partial charge in [0, 0.05) is 0 Å². The van der Waals surface area contributed by atoms with Crippen molar-refractivity contribution in [2.75, 3.05) is 0 Å². The van der Waals surface area contributed by atoms with Crippen LogP contribution in [0.2, 0.25) is 0 Å². The van der Waals surface area contributed by atoms with Gasteiger partial charge in [0.15, 0.2) is 0 Å². The molecule has 7 heteroatoms. The van der Waals surface area contributed by atoms with Crippen molar-refractivity contribution < 1.29 is 31.5 Å². The van der Waals surface area contributed by atoms with Crippen LogP contribution >= 0.6 is 0 Å². The lowest BCUT2D eigenvalue weighted by Gasteiger charge is -2.06. The van der Waals surface area contributed by atoms with E-state index in [0.29, 0.717) is 5.56 Å². The molecule has 0 aromatic heterocycles. The fourth-order valence-corrected chi connectivity index (χ4v) is 1.00. The lowest BCUT2D eigenvalue weighted by molar-refractivity contribution is -0.145. The van der Waals surface area contributed by atoms with Crippen molar-refractivity contribution in [2.45, 2.75) is 12.8 Å². The van der Waals surface area contributed by atoms with Gasteiger partial charge in [0.1, 0.15) is 6.61 Å². The largest absolute Gasteiger partial charge is 0.455 e. The van der Waals surface area contributed by atoms with E-state index in [4.69, 9.17) is 0 Å². The summed E-state index contributed by atoms with van der Waals surface area (Å²) in [5.74, 6) is -7.67. The van der Waals surface area contributed by atoms with Crippen molar-refractivity contribution in [3.63, 3.8) is 0 Å². The van der Waals surface area contributed by atoms with E-state index in [0.717, 1.165) is 0 Å². The van der Waals surface area contributed by atoms with Gasteiger partial charge in [0.2, 0.25) is 11.7 Å². The monoisotopic (exact) mass is 266 g/mol. The highest BCUT2D eigenvalue weighted by Gasteiger charge is 2.40. The van der Waals surface area contributed by atoms with Crippen LogP contribution in [0.4, 0.5) is 22.0 Å². The Labute approximate surface area is 98.7 Å². The topological polar surface area (TPSA) is 26.3 Å². The summed E-state index contributed by atoms with van der Waals surface area (Å²) in [4.78, 5) is 10.8. The molecule has 0 spiro atoms. The number of benzene rings is 1. The number of halogens is 5. The molecular weight excluding hydrogens is 259 g/mol. The van der Waals surface area contributed by atoms with Crippen LogP contribution in [-0.4, -0.2) is 12.1 Å². The van der Waals surface area contributed by atoms with Crippen LogP contribution in [0.25, 0.3) is 0 Å². The highest BCUT2D eigenvalue weighted by Crippen LogP contribution is 2.30. The second-order valence-corrected chi connectivity index (χ2v) is 3.19. The first kappa shape index (κ1) is 14.1. The van der Waals surface area contributed by atoms with Gasteiger partial charge < -0.3 is 4.74 Å². The molecule has 0 saturated carbocycles. The standard InChI is InChI=1S/C11H7F5O2/c12-8(9(13)11(14,15)16)10(17)18-6-7-4-2-1-3-5-7/h1-5H,6H2. The minimum atomic E-state index is -5.55. The van der Waals surface area contributed by atoms with Crippen molar-refractivity contribution in [1.29, 1.82) is 0 Å². The molecule has 18 heavy (non-hydrogen) atoms. The fraction of sp³-hybridized carbons (Fsp3) is 0.182. The van der Waals surface area contributed by atoms with Crippen molar-refractivity contribution in [3.05, 3.63) is 47.5 Å². The van der Waals surface area contributed by atoms with Crippen LogP contribution in [0.15, 0.2) is 42.0 Å². The molecule has 0 unspecified atom stereocenters. The third-order valence-electron chi connectivity index (χ3n) is 1.83. The molecule has 1 aromatic carbocycles. The molecule has 0 aliphatic heterocycles. The first-order chi connectivity index (χ1) is 8.32. The molecule has 0 radical (unpaired) electrons. The Hall–Kier alpha value is -1.92. The Morgan fingerprint density at radius 1 is 1.11 bits per heavy atom. The van der Waals surface area contributed by atoms with E-state index in [1.54, 1.807) is 18.2 Å². The third-order valence-corrected chi connectivity index (χ3v) is 1.83. The zero-order chi connectivity index (χ0) is 13.8. The Kier molecular flexibility index (Phi) is 4.41. The van der Waals surface area contributed by atoms with Crippen LogP contribution in [0.5, 0.6) is 0 Å². The number of carbonyl (C=O) groups excluding carboxylic acids is 1. The highest BCUT2D eigenvalue weighted by molar-refractivity contribution is 5.86. The summed E-state index contributed by atoms with van der Waals surface area (Å²) in [6, 6.07) is 7.86. The Bertz CT molecular complexity index is 450. The van der Waals surface area contributed by atoms with Crippen LogP contribution in [0.1, 0.15) is 5.56 Å². The smallest absolute Gasteiger partial charge is 0.446 e. The van der Waals surface area contributed by atoms with E-state index < -0.39 is 30.4 Å². The molecule has 0 saturated heterocycles. The van der Waals surface area contributed by atoms with E-state index in [2.05, 4.69) is 4.74 Å². The number of allylic oxidation sites excluding steroid dienone is 1. The molecule has 2 nitrogen and oxygen atoms in total. The second kappa shape index (κ2) is 5.61. The van der Waals surface area contributed by atoms with E-state index in [1.165, 1.54) is 12.1 Å². The lowest BCUT2D eigenvalue weighted by Crippen LogP contribution is -2.15. The van der Waals surface area contributed by atoms with E-state index >= 15 is 0 Å². The van der Waals surface area contributed by atoms with E-state index in [-0.39, 0.29) is 0 Å². The third kappa shape index (κ3) is 3.83. The average molecular weight is 266 g/mol. The van der Waals surface area contributed by atoms with E-state index in [9.17, 15) is 26.7 Å². The minimum absolute atomic E-state index is 0.436. The Morgan fingerprint density at radius 2 is 1.67 bits per heavy atom. The molecule has 0 heterocycles. The number of ether oxygens (including phenoxy) is 1. The summed E-state index contributed by atoms with van der Waals surface area (Å²) in [5.41, 5.74) is 0.436. The maximum atomic E-state index is 12.7. The Balaban J connectivity index is 2.67. The van der Waals surface area contributed by atoms with Gasteiger partial charge in [-0.3, -0.25) is 0 Å². The normalized spacial score (nSPS) is 12.9. The van der Waals surface area contributed by atoms with Gasteiger partial charge in [0.05, 0.1) is 0 Å². The zero-order valence-corrected chi connectivity index (χ0v) is 8.80. The van der Waals surface area contributed by atoms with Gasteiger partial charge in [-0.2, -0.15) is 22.0 Å². The van der Waals surface area contributed by atoms with Gasteiger partial charge in [-0.15, -0.1) is 0 Å². The number of rotatable bonds is 3. The summed E-state index contributed by atoms with van der Waals surface area (Å²) in [6.45, 7) is -0.446. The minimum Gasteiger partial charge on any atom is -0.455 e. The molecule has 0 fully saturated rings. The maximum Gasteiger partial charge on any atom is 0.446 e. The molecule has 1 rings (SSSR count). The van der Waals surface area contributed by atoms with Crippen LogP contribution in [-0.2, 0) is 16.1 Å². The summed E-state index contributed by atoms with van der Waals surface area (Å²) < 4.78 is 64.5. The number of esters is 1. The molecule has 0 atom stereocenters. The first-order valence-electron chi connectivity index (χ1n) is 4.66. The first-order valence-corrected chi connectivity index (χ1v) is 4.66. The Morgan fingerprint density at radius 3 is 2.17 bits per heavy atom. The predicted molar refractivity (Wildman–Crippen MR) is 51.5 cm³/mol. The molecule has 0 aliphatic rings. The number of hydrogen-bond acceptors (Lipinski definition) is 2. The predicted octanol–water partition coefficient (Wildman–Crippen LogP) is 3.44. The second-order valence-electron chi connectivity index (χ2n) is 3.19. The summed E-state index contributed by atoms with van der Waals surface area (Å²) in [6.07, 6.45) is -5.55. The molecule has 1 aromatic rings. The summed E-state index contributed by atoms with van der Waals surface area (Å²) in [7, 11) is 0. The van der Waals surface area contributed by atoms with Crippen molar-refractivity contribution in [2.24, 2.45) is 0 Å². The molecule has 0 amide bonds.